The molecule has 4 rings (SSSR count). The van der Waals surface area contributed by atoms with Crippen LogP contribution >= 0.6 is 0 Å². The molecule has 0 aliphatic carbocycles. The van der Waals surface area contributed by atoms with E-state index in [1.807, 2.05) is 24.4 Å². The number of nitrogens with one attached hydrogen (secondary N) is 3. The van der Waals surface area contributed by atoms with Crippen molar-refractivity contribution in [2.24, 2.45) is 0 Å². The molecule has 2 aromatic heterocycles. The van der Waals surface area contributed by atoms with Crippen molar-refractivity contribution in [3.8, 4) is 0 Å². The number of carbonyl (C=O) groups excluding carboxylic acids is 1. The van der Waals surface area contributed by atoms with Crippen molar-refractivity contribution >= 4 is 22.6 Å². The molecular formula is C24H31N5O. The Labute approximate surface area is 178 Å². The Morgan fingerprint density at radius 3 is 2.80 bits per heavy atom. The van der Waals surface area contributed by atoms with Gasteiger partial charge in [-0.05, 0) is 44.2 Å². The van der Waals surface area contributed by atoms with E-state index in [1.165, 1.54) is 18.4 Å². The quantitative estimate of drug-likeness (QED) is 0.609. The highest BCUT2D eigenvalue weighted by molar-refractivity contribution is 6.06. The Kier molecular flexibility index (Phi) is 6.04. The van der Waals surface area contributed by atoms with Crippen LogP contribution in [0.15, 0.2) is 54.9 Å². The standard InChI is InChI=1S/C24H31N5O/c1-4-6-7-16(5-2)15-29-18-8-9-19(29)13-17(12-18)28-22-20-10-11-26-23(20)27-14-21(22)24(30)25-3/h4-7,10-11,14,17-19H,1,8-9,12-13,15H2,2-3H3,(H,25,30)(H2,26,27,28)/b7-6-,16-5+. The fourth-order valence-electron chi connectivity index (χ4n) is 4.97. The zero-order chi connectivity index (χ0) is 21.1. The Balaban J connectivity index is 1.52. The van der Waals surface area contributed by atoms with Gasteiger partial charge in [-0.2, -0.15) is 0 Å². The van der Waals surface area contributed by atoms with E-state index in [9.17, 15) is 4.79 Å². The number of aromatic amines is 1. The highest BCUT2D eigenvalue weighted by atomic mass is 16.1. The second-order valence-corrected chi connectivity index (χ2v) is 8.19. The molecule has 2 aromatic rings. The minimum atomic E-state index is -0.111. The van der Waals surface area contributed by atoms with E-state index in [-0.39, 0.29) is 5.91 Å². The zero-order valence-electron chi connectivity index (χ0n) is 17.8. The summed E-state index contributed by atoms with van der Waals surface area (Å²) in [6.07, 6.45) is 16.4. The maximum absolute atomic E-state index is 12.4. The van der Waals surface area contributed by atoms with Crippen molar-refractivity contribution in [2.45, 2.75) is 50.7 Å². The first-order valence-corrected chi connectivity index (χ1v) is 10.8. The smallest absolute Gasteiger partial charge is 0.254 e. The molecule has 4 heterocycles. The van der Waals surface area contributed by atoms with Crippen LogP contribution < -0.4 is 10.6 Å². The monoisotopic (exact) mass is 405 g/mol. The second-order valence-electron chi connectivity index (χ2n) is 8.19. The van der Waals surface area contributed by atoms with Crippen LogP contribution in [0.1, 0.15) is 43.0 Å². The first kappa shape index (κ1) is 20.4. The predicted octanol–water partition coefficient (Wildman–Crippen LogP) is 4.02. The van der Waals surface area contributed by atoms with Gasteiger partial charge in [-0.1, -0.05) is 30.9 Å². The molecule has 6 heteroatoms. The molecule has 2 fully saturated rings. The molecule has 2 aliphatic heterocycles. The average Bonchev–Trinajstić information content (AvgIpc) is 3.32. The number of amides is 1. The number of fused-ring (bicyclic) bond motifs is 3. The summed E-state index contributed by atoms with van der Waals surface area (Å²) in [6, 6.07) is 3.48. The third kappa shape index (κ3) is 3.92. The summed E-state index contributed by atoms with van der Waals surface area (Å²) in [5.41, 5.74) is 3.63. The third-order valence-electron chi connectivity index (χ3n) is 6.47. The first-order chi connectivity index (χ1) is 14.6. The first-order valence-electron chi connectivity index (χ1n) is 10.8. The fraction of sp³-hybridized carbons (Fsp3) is 0.417. The lowest BCUT2D eigenvalue weighted by Gasteiger charge is -2.40. The van der Waals surface area contributed by atoms with Crippen molar-refractivity contribution in [3.63, 3.8) is 0 Å². The third-order valence-corrected chi connectivity index (χ3v) is 6.47. The van der Waals surface area contributed by atoms with Crippen LogP contribution in [0.4, 0.5) is 5.69 Å². The molecule has 2 saturated heterocycles. The lowest BCUT2D eigenvalue weighted by molar-refractivity contribution is 0.0963. The Morgan fingerprint density at radius 1 is 1.37 bits per heavy atom. The summed E-state index contributed by atoms with van der Waals surface area (Å²) in [5, 5.41) is 7.44. The normalized spacial score (nSPS) is 24.5. The minimum absolute atomic E-state index is 0.111. The Hall–Kier alpha value is -2.86. The predicted molar refractivity (Wildman–Crippen MR) is 123 cm³/mol. The van der Waals surface area contributed by atoms with Gasteiger partial charge in [0.1, 0.15) is 5.65 Å². The molecule has 0 spiro atoms. The Morgan fingerprint density at radius 2 is 2.13 bits per heavy atom. The molecule has 2 aliphatic rings. The molecule has 6 nitrogen and oxygen atoms in total. The number of allylic oxidation sites excluding steroid dienone is 3. The highest BCUT2D eigenvalue weighted by Crippen LogP contribution is 2.38. The van der Waals surface area contributed by atoms with Crippen LogP contribution in [-0.4, -0.2) is 52.5 Å². The van der Waals surface area contributed by atoms with E-state index < -0.39 is 0 Å². The van der Waals surface area contributed by atoms with Gasteiger partial charge in [-0.25, -0.2) is 4.98 Å². The lowest BCUT2D eigenvalue weighted by Crippen LogP contribution is -2.47. The van der Waals surface area contributed by atoms with Gasteiger partial charge in [0.25, 0.3) is 5.91 Å². The van der Waals surface area contributed by atoms with Gasteiger partial charge < -0.3 is 15.6 Å². The molecule has 2 atom stereocenters. The summed E-state index contributed by atoms with van der Waals surface area (Å²) >= 11 is 0. The molecule has 0 aromatic carbocycles. The molecule has 158 valence electrons. The lowest BCUT2D eigenvalue weighted by atomic mass is 9.95. The van der Waals surface area contributed by atoms with Crippen molar-refractivity contribution in [2.75, 3.05) is 18.9 Å². The van der Waals surface area contributed by atoms with Crippen molar-refractivity contribution in [1.82, 2.24) is 20.2 Å². The van der Waals surface area contributed by atoms with Crippen LogP contribution in [0.2, 0.25) is 0 Å². The zero-order valence-corrected chi connectivity index (χ0v) is 17.8. The summed E-state index contributed by atoms with van der Waals surface area (Å²) in [7, 11) is 1.66. The molecule has 1 amide bonds. The van der Waals surface area contributed by atoms with E-state index in [4.69, 9.17) is 0 Å². The van der Waals surface area contributed by atoms with Crippen LogP contribution in [0.5, 0.6) is 0 Å². The van der Waals surface area contributed by atoms with E-state index >= 15 is 0 Å². The molecule has 0 radical (unpaired) electrons. The van der Waals surface area contributed by atoms with Gasteiger partial charge in [-0.3, -0.25) is 9.69 Å². The highest BCUT2D eigenvalue weighted by Gasteiger charge is 2.40. The maximum Gasteiger partial charge on any atom is 0.254 e. The van der Waals surface area contributed by atoms with Crippen molar-refractivity contribution < 1.29 is 4.79 Å². The number of hydrogen-bond donors (Lipinski definition) is 3. The summed E-state index contributed by atoms with van der Waals surface area (Å²) < 4.78 is 0. The fourth-order valence-corrected chi connectivity index (χ4v) is 4.97. The molecule has 0 saturated carbocycles. The maximum atomic E-state index is 12.4. The molecular weight excluding hydrogens is 374 g/mol. The summed E-state index contributed by atoms with van der Waals surface area (Å²) in [6.45, 7) is 6.87. The molecule has 30 heavy (non-hydrogen) atoms. The average molecular weight is 406 g/mol. The number of pyridine rings is 1. The van der Waals surface area contributed by atoms with E-state index in [2.05, 4.69) is 51.2 Å². The number of anilines is 1. The van der Waals surface area contributed by atoms with Gasteiger partial charge in [0.15, 0.2) is 0 Å². The molecule has 2 bridgehead atoms. The van der Waals surface area contributed by atoms with Crippen molar-refractivity contribution in [1.29, 1.82) is 0 Å². The SMILES string of the molecule is C=C/C=C\C(=C/C)CN1C2CCC1CC(Nc1c(C(=O)NC)cnc3[nH]ccc13)C2. The van der Waals surface area contributed by atoms with E-state index in [0.29, 0.717) is 23.7 Å². The van der Waals surface area contributed by atoms with Gasteiger partial charge in [0.05, 0.1) is 11.3 Å². The van der Waals surface area contributed by atoms with Crippen LogP contribution in [-0.2, 0) is 0 Å². The number of rotatable bonds is 7. The number of H-pyrrole nitrogens is 1. The number of nitrogens with zero attached hydrogens (tertiary/aromatic N) is 2. The number of piperidine rings is 1. The van der Waals surface area contributed by atoms with Crippen LogP contribution in [0, 0.1) is 0 Å². The van der Waals surface area contributed by atoms with E-state index in [0.717, 1.165) is 36.1 Å². The van der Waals surface area contributed by atoms with Gasteiger partial charge >= 0.3 is 0 Å². The number of carbonyl (C=O) groups is 1. The Bertz CT molecular complexity index is 975. The summed E-state index contributed by atoms with van der Waals surface area (Å²) in [5.74, 6) is -0.111. The van der Waals surface area contributed by atoms with Crippen molar-refractivity contribution in [3.05, 3.63) is 60.5 Å². The minimum Gasteiger partial charge on any atom is -0.381 e. The van der Waals surface area contributed by atoms with E-state index in [1.54, 1.807) is 13.2 Å². The van der Waals surface area contributed by atoms with Crippen LogP contribution in [0.25, 0.3) is 11.0 Å². The topological polar surface area (TPSA) is 73.1 Å². The van der Waals surface area contributed by atoms with Gasteiger partial charge in [0, 0.05) is 49.5 Å². The molecule has 2 unspecified atom stereocenters. The van der Waals surface area contributed by atoms with Gasteiger partial charge in [0.2, 0.25) is 0 Å². The summed E-state index contributed by atoms with van der Waals surface area (Å²) in [4.78, 5) is 22.7. The number of aromatic nitrogens is 2. The van der Waals surface area contributed by atoms with Crippen LogP contribution in [0.3, 0.4) is 0 Å². The second kappa shape index (κ2) is 8.88. The number of hydrogen-bond acceptors (Lipinski definition) is 4. The molecule has 3 N–H and O–H groups in total. The largest absolute Gasteiger partial charge is 0.381 e. The van der Waals surface area contributed by atoms with Gasteiger partial charge in [-0.15, -0.1) is 0 Å².